The number of hydrogen-bond acceptors (Lipinski definition) is 4. The molecule has 0 bridgehead atoms. The molecule has 0 aliphatic heterocycles. The molecule has 4 N–H and O–H groups in total. The lowest BCUT2D eigenvalue weighted by Gasteiger charge is -2.08. The summed E-state index contributed by atoms with van der Waals surface area (Å²) >= 11 is 0. The predicted octanol–water partition coefficient (Wildman–Crippen LogP) is 0.114. The summed E-state index contributed by atoms with van der Waals surface area (Å²) in [6, 6.07) is 2.65. The van der Waals surface area contributed by atoms with Crippen LogP contribution >= 0.6 is 0 Å². The lowest BCUT2D eigenvalue weighted by molar-refractivity contribution is -0.117. The zero-order chi connectivity index (χ0) is 11.4. The molecule has 0 saturated carbocycles. The zero-order valence-electron chi connectivity index (χ0n) is 8.19. The van der Waals surface area contributed by atoms with Gasteiger partial charge in [-0.15, -0.1) is 0 Å². The van der Waals surface area contributed by atoms with E-state index >= 15 is 0 Å². The number of nitrogens with two attached hydrogens (primary N) is 1. The average molecular weight is 212 g/mol. The summed E-state index contributed by atoms with van der Waals surface area (Å²) in [4.78, 5) is 21.0. The van der Waals surface area contributed by atoms with Gasteiger partial charge in [-0.2, -0.15) is 0 Å². The maximum absolute atomic E-state index is 10.5. The molecule has 82 valence electrons. The predicted molar refractivity (Wildman–Crippen MR) is 51.3 cm³/mol. The first kappa shape index (κ1) is 11.3. The molecular formula is C9H12N2O4. The highest BCUT2D eigenvalue weighted by Crippen LogP contribution is 2.15. The van der Waals surface area contributed by atoms with Crippen molar-refractivity contribution < 1.29 is 19.1 Å². The Bertz CT molecular complexity index is 372. The first-order valence-electron chi connectivity index (χ1n) is 4.35. The molecule has 0 spiro atoms. The quantitative estimate of drug-likeness (QED) is 0.642. The monoisotopic (exact) mass is 212 g/mol. The molecular weight excluding hydrogens is 200 g/mol. The molecule has 1 rings (SSSR count). The fraction of sp³-hybridized carbons (Fsp3) is 0.333. The molecule has 0 aliphatic carbocycles. The van der Waals surface area contributed by atoms with Crippen molar-refractivity contribution in [3.63, 3.8) is 0 Å². The number of carbonyl (C=O) groups excluding carboxylic acids is 1. The van der Waals surface area contributed by atoms with Gasteiger partial charge in [-0.05, 0) is 19.1 Å². The van der Waals surface area contributed by atoms with Crippen LogP contribution in [0.25, 0.3) is 0 Å². The van der Waals surface area contributed by atoms with E-state index in [-0.39, 0.29) is 18.3 Å². The highest BCUT2D eigenvalue weighted by molar-refractivity contribution is 5.84. The minimum absolute atomic E-state index is 0.0181. The number of carbonyl (C=O) groups is 2. The summed E-state index contributed by atoms with van der Waals surface area (Å²) < 4.78 is 5.02. The van der Waals surface area contributed by atoms with E-state index in [4.69, 9.17) is 15.3 Å². The smallest absolute Gasteiger partial charge is 0.371 e. The summed E-state index contributed by atoms with van der Waals surface area (Å²) in [5.74, 6) is -1.28. The van der Waals surface area contributed by atoms with Crippen molar-refractivity contribution in [3.8, 4) is 0 Å². The molecule has 0 radical (unpaired) electrons. The molecule has 1 heterocycles. The molecule has 6 heteroatoms. The maximum Gasteiger partial charge on any atom is 0.371 e. The molecule has 0 aliphatic rings. The van der Waals surface area contributed by atoms with Gasteiger partial charge in [0.15, 0.2) is 0 Å². The Hall–Kier alpha value is -1.82. The third-order valence-corrected chi connectivity index (χ3v) is 1.85. The van der Waals surface area contributed by atoms with Gasteiger partial charge in [0, 0.05) is 0 Å². The SMILES string of the molecule is CC(NCC(N)=O)c1ccc(C(=O)O)o1. The molecule has 0 aromatic carbocycles. The Balaban J connectivity index is 2.61. The van der Waals surface area contributed by atoms with Crippen molar-refractivity contribution in [2.45, 2.75) is 13.0 Å². The normalized spacial score (nSPS) is 12.3. The van der Waals surface area contributed by atoms with Gasteiger partial charge in [-0.3, -0.25) is 10.1 Å². The summed E-state index contributed by atoms with van der Waals surface area (Å²) in [7, 11) is 0. The van der Waals surface area contributed by atoms with Crippen LogP contribution in [0.1, 0.15) is 29.3 Å². The van der Waals surface area contributed by atoms with E-state index in [2.05, 4.69) is 5.32 Å². The highest BCUT2D eigenvalue weighted by atomic mass is 16.4. The minimum Gasteiger partial charge on any atom is -0.475 e. The Morgan fingerprint density at radius 3 is 2.73 bits per heavy atom. The first-order valence-corrected chi connectivity index (χ1v) is 4.35. The second kappa shape index (κ2) is 4.61. The van der Waals surface area contributed by atoms with Crippen LogP contribution in [0.15, 0.2) is 16.5 Å². The van der Waals surface area contributed by atoms with Crippen LogP contribution in [-0.4, -0.2) is 23.5 Å². The summed E-state index contributed by atoms with van der Waals surface area (Å²) in [6.07, 6.45) is 0. The first-order chi connectivity index (χ1) is 7.00. The van der Waals surface area contributed by atoms with Crippen molar-refractivity contribution in [1.82, 2.24) is 5.32 Å². The van der Waals surface area contributed by atoms with Gasteiger partial charge in [0.05, 0.1) is 12.6 Å². The molecule has 0 fully saturated rings. The van der Waals surface area contributed by atoms with Crippen LogP contribution in [0.3, 0.4) is 0 Å². The van der Waals surface area contributed by atoms with Crippen molar-refractivity contribution in [1.29, 1.82) is 0 Å². The van der Waals surface area contributed by atoms with Crippen LogP contribution in [0.2, 0.25) is 0 Å². The molecule has 1 unspecified atom stereocenters. The second-order valence-electron chi connectivity index (χ2n) is 3.08. The lowest BCUT2D eigenvalue weighted by Crippen LogP contribution is -2.30. The maximum atomic E-state index is 10.5. The molecule has 15 heavy (non-hydrogen) atoms. The van der Waals surface area contributed by atoms with Crippen LogP contribution < -0.4 is 11.1 Å². The van der Waals surface area contributed by atoms with Crippen molar-refractivity contribution >= 4 is 11.9 Å². The minimum atomic E-state index is -1.12. The summed E-state index contributed by atoms with van der Waals surface area (Å²) in [5.41, 5.74) is 4.95. The Morgan fingerprint density at radius 1 is 1.60 bits per heavy atom. The van der Waals surface area contributed by atoms with Crippen molar-refractivity contribution in [2.75, 3.05) is 6.54 Å². The van der Waals surface area contributed by atoms with E-state index in [1.165, 1.54) is 6.07 Å². The number of hydrogen-bond donors (Lipinski definition) is 3. The molecule has 1 amide bonds. The van der Waals surface area contributed by atoms with Gasteiger partial charge in [0.1, 0.15) is 5.76 Å². The largest absolute Gasteiger partial charge is 0.475 e. The number of carboxylic acids is 1. The topological polar surface area (TPSA) is 106 Å². The Morgan fingerprint density at radius 2 is 2.27 bits per heavy atom. The van der Waals surface area contributed by atoms with Gasteiger partial charge in [0.25, 0.3) is 0 Å². The Labute approximate surface area is 86.1 Å². The molecule has 0 saturated heterocycles. The van der Waals surface area contributed by atoms with Gasteiger partial charge < -0.3 is 15.3 Å². The zero-order valence-corrected chi connectivity index (χ0v) is 8.19. The number of rotatable bonds is 5. The van der Waals surface area contributed by atoms with Crippen LogP contribution in [0.4, 0.5) is 0 Å². The molecule has 1 atom stereocenters. The number of nitrogens with one attached hydrogen (secondary N) is 1. The standard InChI is InChI=1S/C9H12N2O4/c1-5(11-4-8(10)12)6-2-3-7(15-6)9(13)14/h2-3,5,11H,4H2,1H3,(H2,10,12)(H,13,14). The highest BCUT2D eigenvalue weighted by Gasteiger charge is 2.13. The van der Waals surface area contributed by atoms with Gasteiger partial charge in [0.2, 0.25) is 11.7 Å². The van der Waals surface area contributed by atoms with E-state index in [0.29, 0.717) is 5.76 Å². The van der Waals surface area contributed by atoms with E-state index in [0.717, 1.165) is 0 Å². The van der Waals surface area contributed by atoms with Gasteiger partial charge >= 0.3 is 5.97 Å². The molecule has 1 aromatic heterocycles. The fourth-order valence-corrected chi connectivity index (χ4v) is 1.05. The van der Waals surface area contributed by atoms with Crippen LogP contribution in [-0.2, 0) is 4.79 Å². The summed E-state index contributed by atoms with van der Waals surface area (Å²) in [6.45, 7) is 1.76. The van der Waals surface area contributed by atoms with Gasteiger partial charge in [-0.1, -0.05) is 0 Å². The Kier molecular flexibility index (Phi) is 3.46. The van der Waals surface area contributed by atoms with E-state index in [1.807, 2.05) is 0 Å². The lowest BCUT2D eigenvalue weighted by atomic mass is 10.2. The van der Waals surface area contributed by atoms with Crippen LogP contribution in [0.5, 0.6) is 0 Å². The number of amides is 1. The number of aromatic carboxylic acids is 1. The fourth-order valence-electron chi connectivity index (χ4n) is 1.05. The number of carboxylic acid groups (broad SMARTS) is 1. The van der Waals surface area contributed by atoms with E-state index in [9.17, 15) is 9.59 Å². The van der Waals surface area contributed by atoms with E-state index in [1.54, 1.807) is 13.0 Å². The third kappa shape index (κ3) is 3.10. The second-order valence-corrected chi connectivity index (χ2v) is 3.08. The summed E-state index contributed by atoms with van der Waals surface area (Å²) in [5, 5.41) is 11.4. The number of furan rings is 1. The van der Waals surface area contributed by atoms with Crippen LogP contribution in [0, 0.1) is 0 Å². The van der Waals surface area contributed by atoms with Crippen molar-refractivity contribution in [2.24, 2.45) is 5.73 Å². The van der Waals surface area contributed by atoms with E-state index < -0.39 is 11.9 Å². The number of primary amides is 1. The molecule has 1 aromatic rings. The van der Waals surface area contributed by atoms with Crippen molar-refractivity contribution in [3.05, 3.63) is 23.7 Å². The molecule has 6 nitrogen and oxygen atoms in total. The average Bonchev–Trinajstić information content (AvgIpc) is 2.62. The van der Waals surface area contributed by atoms with Gasteiger partial charge in [-0.25, -0.2) is 4.79 Å². The third-order valence-electron chi connectivity index (χ3n) is 1.85.